The van der Waals surface area contributed by atoms with Gasteiger partial charge in [-0.05, 0) is 30.0 Å². The molecule has 0 N–H and O–H groups in total. The molecule has 2 heterocycles. The second-order valence-electron chi connectivity index (χ2n) is 5.51. The molecule has 0 unspecified atom stereocenters. The molecule has 136 valence electrons. The highest BCUT2D eigenvalue weighted by Crippen LogP contribution is 2.24. The van der Waals surface area contributed by atoms with E-state index in [2.05, 4.69) is 10.2 Å². The maximum absolute atomic E-state index is 13.7. The fourth-order valence-electron chi connectivity index (χ4n) is 2.34. The molecule has 0 radical (unpaired) electrons. The van der Waals surface area contributed by atoms with Crippen LogP contribution in [0.15, 0.2) is 51.1 Å². The summed E-state index contributed by atoms with van der Waals surface area (Å²) in [5.41, 5.74) is 0. The lowest BCUT2D eigenvalue weighted by atomic mass is 10.3. The summed E-state index contributed by atoms with van der Waals surface area (Å²) in [4.78, 5) is 15.6. The average Bonchev–Trinajstić information content (AvgIpc) is 3.32. The van der Waals surface area contributed by atoms with Crippen LogP contribution in [0.1, 0.15) is 19.2 Å². The van der Waals surface area contributed by atoms with Crippen molar-refractivity contribution in [1.82, 2.24) is 15.1 Å². The molecular formula is C18H18FN3O2S2. The number of nitrogens with zero attached hydrogens (tertiary/aromatic N) is 3. The van der Waals surface area contributed by atoms with Gasteiger partial charge in [-0.15, -0.1) is 33.3 Å². The monoisotopic (exact) mass is 391 g/mol. The zero-order chi connectivity index (χ0) is 18.4. The summed E-state index contributed by atoms with van der Waals surface area (Å²) < 4.78 is 19.4. The second-order valence-corrected chi connectivity index (χ2v) is 7.48. The lowest BCUT2D eigenvalue weighted by Gasteiger charge is -2.20. The minimum absolute atomic E-state index is 0.0871. The van der Waals surface area contributed by atoms with Gasteiger partial charge in [0.25, 0.3) is 5.89 Å². The number of benzene rings is 1. The Hall–Kier alpha value is -2.19. The van der Waals surface area contributed by atoms with E-state index in [1.807, 2.05) is 24.4 Å². The molecule has 0 saturated heterocycles. The summed E-state index contributed by atoms with van der Waals surface area (Å²) in [5.74, 6) is 0.610. The van der Waals surface area contributed by atoms with Crippen molar-refractivity contribution in [1.29, 1.82) is 0 Å². The predicted molar refractivity (Wildman–Crippen MR) is 100 cm³/mol. The van der Waals surface area contributed by atoms with Gasteiger partial charge in [-0.3, -0.25) is 4.79 Å². The van der Waals surface area contributed by atoms with E-state index in [-0.39, 0.29) is 24.0 Å². The Morgan fingerprint density at radius 3 is 2.85 bits per heavy atom. The Morgan fingerprint density at radius 1 is 1.27 bits per heavy atom. The summed E-state index contributed by atoms with van der Waals surface area (Å²) in [6.45, 7) is 2.82. The zero-order valence-electron chi connectivity index (χ0n) is 14.2. The fourth-order valence-corrected chi connectivity index (χ4v) is 3.82. The molecule has 1 aromatic carbocycles. The van der Waals surface area contributed by atoms with Crippen LogP contribution < -0.4 is 0 Å². The van der Waals surface area contributed by atoms with Crippen LogP contribution in [0, 0.1) is 5.82 Å². The van der Waals surface area contributed by atoms with Gasteiger partial charge in [0, 0.05) is 11.4 Å². The number of halogens is 1. The lowest BCUT2D eigenvalue weighted by molar-refractivity contribution is -0.129. The average molecular weight is 391 g/mol. The van der Waals surface area contributed by atoms with Crippen LogP contribution in [0.4, 0.5) is 4.39 Å². The van der Waals surface area contributed by atoms with E-state index in [9.17, 15) is 9.18 Å². The summed E-state index contributed by atoms with van der Waals surface area (Å²) in [7, 11) is 0. The lowest BCUT2D eigenvalue weighted by Crippen LogP contribution is -2.32. The van der Waals surface area contributed by atoms with Gasteiger partial charge in [-0.1, -0.05) is 25.1 Å². The fraction of sp³-hybridized carbons (Fsp3) is 0.278. The molecule has 5 nitrogen and oxygen atoms in total. The number of hydrogen-bond donors (Lipinski definition) is 0. The van der Waals surface area contributed by atoms with Gasteiger partial charge >= 0.3 is 0 Å². The van der Waals surface area contributed by atoms with Crippen LogP contribution in [0.2, 0.25) is 0 Å². The van der Waals surface area contributed by atoms with Crippen molar-refractivity contribution < 1.29 is 13.6 Å². The molecule has 0 bridgehead atoms. The summed E-state index contributed by atoms with van der Waals surface area (Å²) in [6, 6.07) is 10.3. The Balaban J connectivity index is 1.63. The van der Waals surface area contributed by atoms with Crippen LogP contribution in [-0.2, 0) is 11.3 Å². The van der Waals surface area contributed by atoms with Gasteiger partial charge in [0.15, 0.2) is 0 Å². The maximum Gasteiger partial charge on any atom is 0.257 e. The van der Waals surface area contributed by atoms with Crippen LogP contribution in [0.5, 0.6) is 0 Å². The smallest absolute Gasteiger partial charge is 0.257 e. The molecule has 2 aromatic heterocycles. The predicted octanol–water partition coefficient (Wildman–Crippen LogP) is 4.47. The molecular weight excluding hydrogens is 373 g/mol. The van der Waals surface area contributed by atoms with Gasteiger partial charge in [0.1, 0.15) is 5.82 Å². The number of rotatable bonds is 8. The Kier molecular flexibility index (Phi) is 6.40. The Morgan fingerprint density at radius 2 is 2.12 bits per heavy atom. The highest BCUT2D eigenvalue weighted by atomic mass is 32.2. The van der Waals surface area contributed by atoms with E-state index in [0.29, 0.717) is 23.2 Å². The molecule has 26 heavy (non-hydrogen) atoms. The number of amides is 1. The molecule has 0 fully saturated rings. The highest BCUT2D eigenvalue weighted by molar-refractivity contribution is 8.00. The number of thiophene rings is 1. The first-order chi connectivity index (χ1) is 12.7. The summed E-state index contributed by atoms with van der Waals surface area (Å²) in [5, 5.41) is 10.0. The maximum atomic E-state index is 13.7. The van der Waals surface area contributed by atoms with Gasteiger partial charge in [-0.2, -0.15) is 0 Å². The molecule has 0 spiro atoms. The largest absolute Gasteiger partial charge is 0.418 e. The molecule has 3 rings (SSSR count). The molecule has 0 saturated carbocycles. The van der Waals surface area contributed by atoms with Crippen molar-refractivity contribution in [3.05, 3.63) is 53.5 Å². The van der Waals surface area contributed by atoms with E-state index < -0.39 is 0 Å². The van der Waals surface area contributed by atoms with Crippen molar-refractivity contribution in [3.8, 4) is 10.8 Å². The molecule has 1 amide bonds. The SMILES string of the molecule is CCCN(Cc1nnc(-c2cccs2)o1)C(=O)CSc1ccccc1F. The van der Waals surface area contributed by atoms with Crippen LogP contribution in [0.3, 0.4) is 0 Å². The van der Waals surface area contributed by atoms with Crippen molar-refractivity contribution >= 4 is 29.0 Å². The van der Waals surface area contributed by atoms with Gasteiger partial charge in [0.2, 0.25) is 11.8 Å². The first kappa shape index (κ1) is 18.6. The topological polar surface area (TPSA) is 59.2 Å². The number of carbonyl (C=O) groups is 1. The summed E-state index contributed by atoms with van der Waals surface area (Å²) >= 11 is 2.71. The van der Waals surface area contributed by atoms with E-state index in [1.165, 1.54) is 29.2 Å². The minimum Gasteiger partial charge on any atom is -0.418 e. The quantitative estimate of drug-likeness (QED) is 0.530. The van der Waals surface area contributed by atoms with Crippen molar-refractivity contribution in [2.75, 3.05) is 12.3 Å². The van der Waals surface area contributed by atoms with Crippen LogP contribution in [0.25, 0.3) is 10.8 Å². The Bertz CT molecular complexity index is 852. The molecule has 0 aliphatic heterocycles. The third-order valence-electron chi connectivity index (χ3n) is 3.56. The first-order valence-electron chi connectivity index (χ1n) is 8.18. The molecule has 0 atom stereocenters. The number of thioether (sulfide) groups is 1. The standard InChI is InChI=1S/C18H18FN3O2S2/c1-2-9-22(17(23)12-26-14-7-4-3-6-13(14)19)11-16-20-21-18(24-16)15-8-5-10-25-15/h3-8,10H,2,9,11-12H2,1H3. The molecule has 0 aliphatic rings. The van der Waals surface area contributed by atoms with Gasteiger partial charge < -0.3 is 9.32 Å². The molecule has 8 heteroatoms. The number of hydrogen-bond acceptors (Lipinski definition) is 6. The van der Waals surface area contributed by atoms with Crippen LogP contribution in [-0.4, -0.2) is 33.3 Å². The number of carbonyl (C=O) groups excluding carboxylic acids is 1. The van der Waals surface area contributed by atoms with E-state index in [4.69, 9.17) is 4.42 Å². The second kappa shape index (κ2) is 8.95. The normalized spacial score (nSPS) is 10.8. The van der Waals surface area contributed by atoms with Gasteiger partial charge in [-0.25, -0.2) is 4.39 Å². The number of aromatic nitrogens is 2. The van der Waals surface area contributed by atoms with Crippen molar-refractivity contribution in [2.24, 2.45) is 0 Å². The minimum atomic E-state index is -0.315. The van der Waals surface area contributed by atoms with Gasteiger partial charge in [0.05, 0.1) is 17.2 Å². The third-order valence-corrected chi connectivity index (χ3v) is 5.45. The molecule has 3 aromatic rings. The molecule has 0 aliphatic carbocycles. The highest BCUT2D eigenvalue weighted by Gasteiger charge is 2.18. The van der Waals surface area contributed by atoms with E-state index >= 15 is 0 Å². The van der Waals surface area contributed by atoms with Crippen molar-refractivity contribution in [3.63, 3.8) is 0 Å². The van der Waals surface area contributed by atoms with E-state index in [1.54, 1.807) is 23.1 Å². The summed E-state index contributed by atoms with van der Waals surface area (Å²) in [6.07, 6.45) is 0.808. The van der Waals surface area contributed by atoms with Crippen LogP contribution >= 0.6 is 23.1 Å². The Labute approximate surface area is 159 Å². The zero-order valence-corrected chi connectivity index (χ0v) is 15.9. The first-order valence-corrected chi connectivity index (χ1v) is 10.0. The van der Waals surface area contributed by atoms with Crippen molar-refractivity contribution in [2.45, 2.75) is 24.8 Å². The third kappa shape index (κ3) is 4.70. The van der Waals surface area contributed by atoms with E-state index in [0.717, 1.165) is 11.3 Å².